The van der Waals surface area contributed by atoms with Crippen LogP contribution in [0.5, 0.6) is 0 Å². The molecule has 1 aliphatic heterocycles. The van der Waals surface area contributed by atoms with E-state index in [-0.39, 0.29) is 6.03 Å². The van der Waals surface area contributed by atoms with Gasteiger partial charge >= 0.3 is 6.03 Å². The number of amides is 2. The van der Waals surface area contributed by atoms with Crippen molar-refractivity contribution in [2.75, 3.05) is 31.2 Å². The molecule has 0 aliphatic carbocycles. The molecular weight excluding hydrogens is 324 g/mol. The van der Waals surface area contributed by atoms with Crippen molar-refractivity contribution >= 4 is 23.2 Å². The maximum absolute atomic E-state index is 11.9. The largest absolute Gasteiger partial charge is 0.378 e. The van der Waals surface area contributed by atoms with E-state index >= 15 is 0 Å². The smallest absolute Gasteiger partial charge is 0.315 e. The summed E-state index contributed by atoms with van der Waals surface area (Å²) in [7, 11) is 0. The number of nitrogens with one attached hydrogen (secondary N) is 2. The Morgan fingerprint density at radius 1 is 1.25 bits per heavy atom. The minimum Gasteiger partial charge on any atom is -0.378 e. The quantitative estimate of drug-likeness (QED) is 0.872. The maximum atomic E-state index is 11.9. The Kier molecular flexibility index (Phi) is 5.66. The van der Waals surface area contributed by atoms with Gasteiger partial charge in [-0.15, -0.1) is 11.3 Å². The molecule has 1 aliphatic rings. The van der Waals surface area contributed by atoms with Crippen molar-refractivity contribution in [3.05, 3.63) is 45.8 Å². The molecule has 0 radical (unpaired) electrons. The lowest BCUT2D eigenvalue weighted by molar-refractivity contribution is 0.122. The highest BCUT2D eigenvalue weighted by Gasteiger charge is 2.12. The number of aryl methyl sites for hydroxylation is 1. The second kappa shape index (κ2) is 8.12. The van der Waals surface area contributed by atoms with E-state index in [1.165, 1.54) is 4.88 Å². The highest BCUT2D eigenvalue weighted by molar-refractivity contribution is 7.11. The van der Waals surface area contributed by atoms with Crippen LogP contribution < -0.4 is 15.5 Å². The lowest BCUT2D eigenvalue weighted by atomic mass is 10.2. The molecule has 0 unspecified atom stereocenters. The Morgan fingerprint density at radius 2 is 2.04 bits per heavy atom. The number of anilines is 1. The molecule has 1 fully saturated rings. The second-order valence-corrected chi connectivity index (χ2v) is 7.04. The van der Waals surface area contributed by atoms with Crippen molar-refractivity contribution in [3.63, 3.8) is 0 Å². The number of nitrogens with zero attached hydrogens (tertiary/aromatic N) is 2. The summed E-state index contributed by atoms with van der Waals surface area (Å²) in [5.41, 5.74) is 1.04. The first-order valence-corrected chi connectivity index (χ1v) is 8.87. The monoisotopic (exact) mass is 346 g/mol. The van der Waals surface area contributed by atoms with Crippen LogP contribution in [0.1, 0.15) is 15.3 Å². The molecule has 0 bridgehead atoms. The summed E-state index contributed by atoms with van der Waals surface area (Å²) < 4.78 is 5.36. The van der Waals surface area contributed by atoms with E-state index in [4.69, 9.17) is 4.74 Å². The van der Waals surface area contributed by atoms with Crippen molar-refractivity contribution in [2.45, 2.75) is 20.0 Å². The third-order valence-electron chi connectivity index (χ3n) is 3.82. The van der Waals surface area contributed by atoms with Crippen molar-refractivity contribution in [2.24, 2.45) is 0 Å². The predicted molar refractivity (Wildman–Crippen MR) is 95.4 cm³/mol. The van der Waals surface area contributed by atoms with Gasteiger partial charge in [0, 0.05) is 35.6 Å². The molecule has 6 nitrogen and oxygen atoms in total. The highest BCUT2D eigenvalue weighted by atomic mass is 32.1. The molecule has 2 N–H and O–H groups in total. The van der Waals surface area contributed by atoms with Crippen molar-refractivity contribution < 1.29 is 9.53 Å². The van der Waals surface area contributed by atoms with Gasteiger partial charge in [0.15, 0.2) is 0 Å². The molecule has 2 aromatic heterocycles. The second-order valence-electron chi connectivity index (χ2n) is 5.67. The summed E-state index contributed by atoms with van der Waals surface area (Å²) >= 11 is 1.70. The maximum Gasteiger partial charge on any atom is 0.315 e. The number of ether oxygens (including phenoxy) is 1. The number of pyridine rings is 1. The van der Waals surface area contributed by atoms with E-state index in [2.05, 4.69) is 33.5 Å². The van der Waals surface area contributed by atoms with Crippen molar-refractivity contribution in [1.29, 1.82) is 0 Å². The predicted octanol–water partition coefficient (Wildman–Crippen LogP) is 2.29. The lowest BCUT2D eigenvalue weighted by Crippen LogP contribution is -2.37. The zero-order chi connectivity index (χ0) is 16.8. The van der Waals surface area contributed by atoms with Gasteiger partial charge in [-0.3, -0.25) is 0 Å². The number of thiophene rings is 1. The van der Waals surface area contributed by atoms with Gasteiger partial charge in [-0.05, 0) is 36.8 Å². The third kappa shape index (κ3) is 4.69. The molecule has 1 saturated heterocycles. The van der Waals surface area contributed by atoms with Gasteiger partial charge in [0.25, 0.3) is 0 Å². The number of carbonyl (C=O) groups excluding carboxylic acids is 1. The highest BCUT2D eigenvalue weighted by Crippen LogP contribution is 2.15. The first-order chi connectivity index (χ1) is 11.7. The minimum atomic E-state index is -0.161. The fourth-order valence-electron chi connectivity index (χ4n) is 2.53. The molecule has 7 heteroatoms. The number of carbonyl (C=O) groups is 1. The minimum absolute atomic E-state index is 0.161. The van der Waals surface area contributed by atoms with Crippen LogP contribution in [-0.4, -0.2) is 37.3 Å². The van der Waals surface area contributed by atoms with Gasteiger partial charge < -0.3 is 20.3 Å². The topological polar surface area (TPSA) is 66.5 Å². The van der Waals surface area contributed by atoms with Crippen molar-refractivity contribution in [1.82, 2.24) is 15.6 Å². The van der Waals surface area contributed by atoms with Gasteiger partial charge in [-0.1, -0.05) is 0 Å². The van der Waals surface area contributed by atoms with Gasteiger partial charge in [-0.2, -0.15) is 0 Å². The number of urea groups is 1. The molecule has 2 amide bonds. The number of aromatic nitrogens is 1. The Balaban J connectivity index is 1.47. The summed E-state index contributed by atoms with van der Waals surface area (Å²) in [6, 6.07) is 7.88. The average Bonchev–Trinajstić information content (AvgIpc) is 3.04. The fourth-order valence-corrected chi connectivity index (χ4v) is 3.36. The molecular formula is C17H22N4O2S. The van der Waals surface area contributed by atoms with Crippen LogP contribution in [0.3, 0.4) is 0 Å². The third-order valence-corrected chi connectivity index (χ3v) is 4.82. The summed E-state index contributed by atoms with van der Waals surface area (Å²) in [6.45, 7) is 6.26. The Hall–Kier alpha value is -2.12. The summed E-state index contributed by atoms with van der Waals surface area (Å²) in [4.78, 5) is 20.9. The first kappa shape index (κ1) is 16.7. The SMILES string of the molecule is Cc1ccc(CNC(=O)NCc2ccnc(N3CCOCC3)c2)s1. The molecule has 0 saturated carbocycles. The molecule has 128 valence electrons. The molecule has 3 rings (SSSR count). The Labute approximate surface area is 145 Å². The van der Waals surface area contributed by atoms with Crippen LogP contribution in [0.4, 0.5) is 10.6 Å². The van der Waals surface area contributed by atoms with Crippen LogP contribution in [0, 0.1) is 6.92 Å². The van der Waals surface area contributed by atoms with E-state index in [9.17, 15) is 4.79 Å². The molecule has 24 heavy (non-hydrogen) atoms. The molecule has 3 heterocycles. The molecule has 0 aromatic carbocycles. The number of hydrogen-bond acceptors (Lipinski definition) is 5. The molecule has 2 aromatic rings. The molecule has 0 spiro atoms. The van der Waals surface area contributed by atoms with E-state index in [1.54, 1.807) is 17.5 Å². The standard InChI is InChI=1S/C17H22N4O2S/c1-13-2-3-15(24-13)12-20-17(22)19-11-14-4-5-18-16(10-14)21-6-8-23-9-7-21/h2-5,10H,6-9,11-12H2,1H3,(H2,19,20,22). The first-order valence-electron chi connectivity index (χ1n) is 8.05. The van der Waals surface area contributed by atoms with Gasteiger partial charge in [0.2, 0.25) is 0 Å². The number of rotatable bonds is 5. The van der Waals surface area contributed by atoms with Crippen LogP contribution in [0.2, 0.25) is 0 Å². The van der Waals surface area contributed by atoms with Gasteiger partial charge in [-0.25, -0.2) is 9.78 Å². The van der Waals surface area contributed by atoms with Gasteiger partial charge in [0.1, 0.15) is 5.82 Å². The number of hydrogen-bond donors (Lipinski definition) is 2. The summed E-state index contributed by atoms with van der Waals surface area (Å²) in [5.74, 6) is 0.937. The summed E-state index contributed by atoms with van der Waals surface area (Å²) in [6.07, 6.45) is 1.79. The van der Waals surface area contributed by atoms with E-state index in [0.29, 0.717) is 13.1 Å². The molecule has 0 atom stereocenters. The Bertz CT molecular complexity index is 683. The lowest BCUT2D eigenvalue weighted by Gasteiger charge is -2.28. The van der Waals surface area contributed by atoms with Gasteiger partial charge in [0.05, 0.1) is 19.8 Å². The zero-order valence-electron chi connectivity index (χ0n) is 13.7. The fraction of sp³-hybridized carbons (Fsp3) is 0.412. The van der Waals surface area contributed by atoms with Crippen LogP contribution in [-0.2, 0) is 17.8 Å². The van der Waals surface area contributed by atoms with E-state index < -0.39 is 0 Å². The van der Waals surface area contributed by atoms with Crippen LogP contribution >= 0.6 is 11.3 Å². The number of morpholine rings is 1. The Morgan fingerprint density at radius 3 is 2.79 bits per heavy atom. The van der Waals surface area contributed by atoms with E-state index in [1.807, 2.05) is 18.2 Å². The average molecular weight is 346 g/mol. The zero-order valence-corrected chi connectivity index (χ0v) is 14.6. The van der Waals surface area contributed by atoms with E-state index in [0.717, 1.165) is 42.6 Å². The van der Waals surface area contributed by atoms with Crippen molar-refractivity contribution in [3.8, 4) is 0 Å². The van der Waals surface area contributed by atoms with Crippen LogP contribution in [0.25, 0.3) is 0 Å². The summed E-state index contributed by atoms with van der Waals surface area (Å²) in [5, 5.41) is 5.77. The van der Waals surface area contributed by atoms with Crippen LogP contribution in [0.15, 0.2) is 30.5 Å². The normalized spacial score (nSPS) is 14.5.